The first-order chi connectivity index (χ1) is 9.18. The van der Waals surface area contributed by atoms with E-state index in [1.54, 1.807) is 0 Å². The first kappa shape index (κ1) is 12.0. The molecule has 0 saturated carbocycles. The minimum absolute atomic E-state index is 0.883. The van der Waals surface area contributed by atoms with Gasteiger partial charge in [-0.25, -0.2) is 0 Å². The maximum Gasteiger partial charge on any atom is 0.0800 e. The van der Waals surface area contributed by atoms with Crippen molar-refractivity contribution in [2.24, 2.45) is 0 Å². The normalized spacial score (nSPS) is 13.3. The zero-order valence-electron chi connectivity index (χ0n) is 11.2. The van der Waals surface area contributed by atoms with Gasteiger partial charge in [0.15, 0.2) is 0 Å². The number of hydrogen-bond acceptors (Lipinski definition) is 2. The number of aromatic nitrogens is 1. The van der Waals surface area contributed by atoms with Crippen LogP contribution in [-0.2, 0) is 12.8 Å². The summed E-state index contributed by atoms with van der Waals surface area (Å²) in [6, 6.07) is 10.2. The van der Waals surface area contributed by atoms with E-state index in [4.69, 9.17) is 10.7 Å². The molecule has 0 spiro atoms. The van der Waals surface area contributed by atoms with Gasteiger partial charge in [-0.1, -0.05) is 36.9 Å². The monoisotopic (exact) mass is 250 g/mol. The third-order valence-electron chi connectivity index (χ3n) is 3.74. The molecule has 0 radical (unpaired) electrons. The summed E-state index contributed by atoms with van der Waals surface area (Å²) >= 11 is 0. The average molecular weight is 250 g/mol. The highest BCUT2D eigenvalue weighted by Crippen LogP contribution is 2.37. The van der Waals surface area contributed by atoms with Gasteiger partial charge in [-0.2, -0.15) is 0 Å². The molecule has 2 heteroatoms. The van der Waals surface area contributed by atoms with Crippen molar-refractivity contribution in [3.8, 4) is 11.3 Å². The van der Waals surface area contributed by atoms with E-state index >= 15 is 0 Å². The van der Waals surface area contributed by atoms with Gasteiger partial charge in [-0.05, 0) is 37.3 Å². The second-order valence-electron chi connectivity index (χ2n) is 5.17. The predicted octanol–water partition coefficient (Wildman–Crippen LogP) is 3.85. The molecule has 1 aliphatic carbocycles. The summed E-state index contributed by atoms with van der Waals surface area (Å²) in [5.74, 6) is 0. The van der Waals surface area contributed by atoms with E-state index in [-0.39, 0.29) is 0 Å². The van der Waals surface area contributed by atoms with Crippen LogP contribution in [0.5, 0.6) is 0 Å². The van der Waals surface area contributed by atoms with E-state index in [9.17, 15) is 0 Å². The second kappa shape index (κ2) is 4.54. The van der Waals surface area contributed by atoms with Crippen molar-refractivity contribution in [2.45, 2.75) is 26.2 Å². The van der Waals surface area contributed by atoms with Gasteiger partial charge in [-0.3, -0.25) is 4.98 Å². The summed E-state index contributed by atoms with van der Waals surface area (Å²) in [6.45, 7) is 6.08. The highest BCUT2D eigenvalue weighted by Gasteiger charge is 2.22. The summed E-state index contributed by atoms with van der Waals surface area (Å²) in [5.41, 5.74) is 13.8. The zero-order valence-corrected chi connectivity index (χ0v) is 11.2. The molecule has 1 aliphatic rings. The van der Waals surface area contributed by atoms with Crippen LogP contribution in [0.25, 0.3) is 16.8 Å². The Kier molecular flexibility index (Phi) is 2.86. The molecule has 0 bridgehead atoms. The van der Waals surface area contributed by atoms with E-state index in [1.165, 1.54) is 11.3 Å². The number of fused-ring (bicyclic) bond motifs is 1. The van der Waals surface area contributed by atoms with Crippen LogP contribution in [0.4, 0.5) is 5.69 Å². The molecule has 0 fully saturated rings. The van der Waals surface area contributed by atoms with Crippen molar-refractivity contribution in [3.05, 3.63) is 53.7 Å². The molecule has 1 aromatic carbocycles. The molecule has 96 valence electrons. The van der Waals surface area contributed by atoms with Gasteiger partial charge in [0.05, 0.1) is 5.69 Å². The van der Waals surface area contributed by atoms with Crippen molar-refractivity contribution in [2.75, 3.05) is 5.73 Å². The van der Waals surface area contributed by atoms with Gasteiger partial charge in [0.25, 0.3) is 0 Å². The van der Waals surface area contributed by atoms with Crippen molar-refractivity contribution >= 4 is 11.3 Å². The average Bonchev–Trinajstić information content (AvgIpc) is 2.87. The van der Waals surface area contributed by atoms with Gasteiger partial charge in [0.2, 0.25) is 0 Å². The summed E-state index contributed by atoms with van der Waals surface area (Å²) < 4.78 is 0. The van der Waals surface area contributed by atoms with Crippen LogP contribution in [0.3, 0.4) is 0 Å². The summed E-state index contributed by atoms with van der Waals surface area (Å²) in [4.78, 5) is 4.86. The van der Waals surface area contributed by atoms with E-state index in [2.05, 4.69) is 18.7 Å². The molecule has 1 aromatic heterocycles. The van der Waals surface area contributed by atoms with Gasteiger partial charge in [0, 0.05) is 22.5 Å². The van der Waals surface area contributed by atoms with Crippen LogP contribution in [-0.4, -0.2) is 4.98 Å². The summed E-state index contributed by atoms with van der Waals surface area (Å²) in [7, 11) is 0. The zero-order chi connectivity index (χ0) is 13.4. The van der Waals surface area contributed by atoms with E-state index in [0.29, 0.717) is 0 Å². The number of aryl methyl sites for hydroxylation is 1. The molecule has 0 aliphatic heterocycles. The molecule has 0 amide bonds. The lowest BCUT2D eigenvalue weighted by Gasteiger charge is -2.16. The summed E-state index contributed by atoms with van der Waals surface area (Å²) in [5, 5.41) is 0. The fraction of sp³-hybridized carbons (Fsp3) is 0.235. The van der Waals surface area contributed by atoms with Crippen LogP contribution in [0, 0.1) is 0 Å². The van der Waals surface area contributed by atoms with Crippen LogP contribution >= 0.6 is 0 Å². The molecule has 2 N–H and O–H groups in total. The number of pyridine rings is 1. The Labute approximate surface area is 114 Å². The minimum atomic E-state index is 0.883. The lowest BCUT2D eigenvalue weighted by Crippen LogP contribution is -2.04. The van der Waals surface area contributed by atoms with Gasteiger partial charge < -0.3 is 5.73 Å². The van der Waals surface area contributed by atoms with Crippen LogP contribution in [0.1, 0.15) is 30.2 Å². The van der Waals surface area contributed by atoms with E-state index < -0.39 is 0 Å². The molecular weight excluding hydrogens is 232 g/mol. The number of benzene rings is 1. The maximum absolute atomic E-state index is 6.37. The fourth-order valence-electron chi connectivity index (χ4n) is 2.85. The quantitative estimate of drug-likeness (QED) is 0.879. The molecule has 3 rings (SSSR count). The first-order valence-electron chi connectivity index (χ1n) is 6.71. The third kappa shape index (κ3) is 1.93. The number of nitrogens with two attached hydrogens (primary N) is 1. The molecule has 0 atom stereocenters. The highest BCUT2D eigenvalue weighted by atomic mass is 14.8. The lowest BCUT2D eigenvalue weighted by molar-refractivity contribution is 0.900. The Morgan fingerprint density at radius 3 is 2.63 bits per heavy atom. The van der Waals surface area contributed by atoms with Crippen molar-refractivity contribution < 1.29 is 0 Å². The standard InChI is InChI=1S/C17H18N2/c1-11(2)15-16(18)13-9-6-10-14(13)19-17(15)12-7-4-3-5-8-12/h3-5,7-8H,1,6,9-10H2,2H3,(H2,18,19). The van der Waals surface area contributed by atoms with Gasteiger partial charge >= 0.3 is 0 Å². The Bertz CT molecular complexity index is 642. The molecule has 2 aromatic rings. The molecule has 0 saturated heterocycles. The smallest absolute Gasteiger partial charge is 0.0800 e. The highest BCUT2D eigenvalue weighted by molar-refractivity contribution is 5.86. The van der Waals surface area contributed by atoms with Crippen LogP contribution < -0.4 is 5.73 Å². The van der Waals surface area contributed by atoms with Crippen molar-refractivity contribution in [1.82, 2.24) is 4.98 Å². The molecule has 0 unspecified atom stereocenters. The Balaban J connectivity index is 2.30. The number of hydrogen-bond donors (Lipinski definition) is 1. The number of anilines is 1. The van der Waals surface area contributed by atoms with Crippen LogP contribution in [0.2, 0.25) is 0 Å². The van der Waals surface area contributed by atoms with E-state index in [1.807, 2.05) is 25.1 Å². The third-order valence-corrected chi connectivity index (χ3v) is 3.74. The van der Waals surface area contributed by atoms with Gasteiger partial charge in [0.1, 0.15) is 0 Å². The maximum atomic E-state index is 6.37. The van der Waals surface area contributed by atoms with Crippen molar-refractivity contribution in [3.63, 3.8) is 0 Å². The lowest BCUT2D eigenvalue weighted by atomic mass is 9.96. The summed E-state index contributed by atoms with van der Waals surface area (Å²) in [6.07, 6.45) is 3.24. The van der Waals surface area contributed by atoms with Crippen LogP contribution in [0.15, 0.2) is 36.9 Å². The largest absolute Gasteiger partial charge is 0.398 e. The predicted molar refractivity (Wildman–Crippen MR) is 80.8 cm³/mol. The number of nitrogen functional groups attached to an aromatic ring is 1. The molecule has 19 heavy (non-hydrogen) atoms. The first-order valence-corrected chi connectivity index (χ1v) is 6.71. The Hall–Kier alpha value is -2.09. The van der Waals surface area contributed by atoms with Crippen molar-refractivity contribution in [1.29, 1.82) is 0 Å². The minimum Gasteiger partial charge on any atom is -0.398 e. The fourth-order valence-corrected chi connectivity index (χ4v) is 2.85. The molecular formula is C17H18N2. The molecule has 2 nitrogen and oxygen atoms in total. The second-order valence-corrected chi connectivity index (χ2v) is 5.17. The Morgan fingerprint density at radius 2 is 1.95 bits per heavy atom. The topological polar surface area (TPSA) is 38.9 Å². The molecule has 1 heterocycles. The number of allylic oxidation sites excluding steroid dienone is 1. The van der Waals surface area contributed by atoms with Gasteiger partial charge in [-0.15, -0.1) is 0 Å². The Morgan fingerprint density at radius 1 is 1.21 bits per heavy atom. The number of nitrogens with zero attached hydrogens (tertiary/aromatic N) is 1. The van der Waals surface area contributed by atoms with E-state index in [0.717, 1.165) is 47.3 Å². The number of rotatable bonds is 2. The SMILES string of the molecule is C=C(C)c1c(-c2ccccc2)nc2c(c1N)CCC2.